The predicted molar refractivity (Wildman–Crippen MR) is 126 cm³/mol. The number of ether oxygens (including phenoxy) is 4. The van der Waals surface area contributed by atoms with Crippen LogP contribution >= 0.6 is 0 Å². The molecule has 0 atom stereocenters. The van der Waals surface area contributed by atoms with Crippen LogP contribution in [0.2, 0.25) is 0 Å². The van der Waals surface area contributed by atoms with E-state index in [9.17, 15) is 9.59 Å². The highest BCUT2D eigenvalue weighted by Crippen LogP contribution is 2.35. The fourth-order valence-corrected chi connectivity index (χ4v) is 3.55. The Balaban J connectivity index is 1.98. The van der Waals surface area contributed by atoms with E-state index in [1.165, 1.54) is 12.0 Å². The summed E-state index contributed by atoms with van der Waals surface area (Å²) in [5, 5.41) is 3.14. The first-order valence-electron chi connectivity index (χ1n) is 10.9. The van der Waals surface area contributed by atoms with E-state index in [4.69, 9.17) is 18.9 Å². The van der Waals surface area contributed by atoms with Crippen molar-refractivity contribution in [3.63, 3.8) is 0 Å². The second kappa shape index (κ2) is 11.4. The molecule has 176 valence electrons. The zero-order valence-corrected chi connectivity index (χ0v) is 19.5. The highest BCUT2D eigenvalue weighted by atomic mass is 16.5. The summed E-state index contributed by atoms with van der Waals surface area (Å²) in [6.45, 7) is 5.67. The zero-order valence-electron chi connectivity index (χ0n) is 19.5. The van der Waals surface area contributed by atoms with E-state index in [-0.39, 0.29) is 18.1 Å². The van der Waals surface area contributed by atoms with E-state index in [0.717, 1.165) is 0 Å². The van der Waals surface area contributed by atoms with Crippen LogP contribution < -0.4 is 19.5 Å². The second-order valence-electron chi connectivity index (χ2n) is 7.21. The largest absolute Gasteiger partial charge is 0.497 e. The van der Waals surface area contributed by atoms with Crippen molar-refractivity contribution in [3.8, 4) is 17.2 Å². The summed E-state index contributed by atoms with van der Waals surface area (Å²) in [4.78, 5) is 27.9. The molecule has 0 bridgehead atoms. The van der Waals surface area contributed by atoms with Gasteiger partial charge >= 0.3 is 0 Å². The van der Waals surface area contributed by atoms with E-state index in [1.807, 2.05) is 13.8 Å². The molecule has 1 N–H and O–H groups in total. The minimum atomic E-state index is -0.391. The Kier molecular flexibility index (Phi) is 8.32. The highest BCUT2D eigenvalue weighted by Gasteiger charge is 2.39. The Morgan fingerprint density at radius 1 is 0.879 bits per heavy atom. The molecule has 8 heteroatoms. The molecule has 33 heavy (non-hydrogen) atoms. The molecule has 0 spiro atoms. The first kappa shape index (κ1) is 24.1. The molecule has 1 aliphatic heterocycles. The third kappa shape index (κ3) is 5.46. The molecule has 0 fully saturated rings. The number of hydrogen-bond acceptors (Lipinski definition) is 7. The molecule has 0 aromatic heterocycles. The minimum Gasteiger partial charge on any atom is -0.497 e. The maximum absolute atomic E-state index is 13.3. The predicted octanol–water partition coefficient (Wildman–Crippen LogP) is 3.72. The van der Waals surface area contributed by atoms with Gasteiger partial charge in [-0.25, -0.2) is 0 Å². The van der Waals surface area contributed by atoms with Crippen molar-refractivity contribution in [1.29, 1.82) is 0 Å². The summed E-state index contributed by atoms with van der Waals surface area (Å²) < 4.78 is 21.6. The van der Waals surface area contributed by atoms with Crippen LogP contribution in [0.5, 0.6) is 17.2 Å². The summed E-state index contributed by atoms with van der Waals surface area (Å²) in [6, 6.07) is 12.3. The normalized spacial score (nSPS) is 13.5. The summed E-state index contributed by atoms with van der Waals surface area (Å²) in [5.74, 6) is 1.06. The van der Waals surface area contributed by atoms with E-state index < -0.39 is 5.91 Å². The van der Waals surface area contributed by atoms with Crippen LogP contribution in [0, 0.1) is 0 Å². The van der Waals surface area contributed by atoms with Crippen molar-refractivity contribution < 1.29 is 28.5 Å². The van der Waals surface area contributed by atoms with Gasteiger partial charge in [-0.2, -0.15) is 0 Å². The molecular weight excluding hydrogens is 424 g/mol. The van der Waals surface area contributed by atoms with Gasteiger partial charge in [-0.15, -0.1) is 0 Å². The van der Waals surface area contributed by atoms with Gasteiger partial charge in [0.1, 0.15) is 22.9 Å². The molecule has 0 saturated carbocycles. The lowest BCUT2D eigenvalue weighted by molar-refractivity contribution is -0.137. The van der Waals surface area contributed by atoms with Gasteiger partial charge in [0.05, 0.1) is 32.1 Å². The molecule has 0 saturated heterocycles. The van der Waals surface area contributed by atoms with Crippen molar-refractivity contribution in [3.05, 3.63) is 53.7 Å². The third-order valence-corrected chi connectivity index (χ3v) is 5.16. The summed E-state index contributed by atoms with van der Waals surface area (Å²) in [5.41, 5.74) is 1.68. The third-order valence-electron chi connectivity index (χ3n) is 5.16. The molecule has 1 aliphatic rings. The summed E-state index contributed by atoms with van der Waals surface area (Å²) >= 11 is 0. The minimum absolute atomic E-state index is 0.198. The molecule has 0 unspecified atom stereocenters. The molecular formula is C25H30N2O6. The molecule has 8 nitrogen and oxygen atoms in total. The van der Waals surface area contributed by atoms with Gasteiger partial charge in [0.15, 0.2) is 0 Å². The van der Waals surface area contributed by atoms with Gasteiger partial charge in [0.2, 0.25) is 0 Å². The van der Waals surface area contributed by atoms with Crippen molar-refractivity contribution in [2.75, 3.05) is 45.9 Å². The van der Waals surface area contributed by atoms with Gasteiger partial charge in [-0.05, 0) is 50.1 Å². The number of methoxy groups -OCH3 is 2. The van der Waals surface area contributed by atoms with Gasteiger partial charge in [0, 0.05) is 25.8 Å². The Labute approximate surface area is 194 Å². The lowest BCUT2D eigenvalue weighted by atomic mass is 10.0. The standard InChI is InChI=1S/C25H30N2O6/c1-5-32-15-7-14-27-24(28)22(17-8-10-18(11-9-17)33-6-2)23(25(27)29)26-20-13-12-19(30-3)16-21(20)31-4/h8-13,16,26H,5-7,14-15H2,1-4H3. The topological polar surface area (TPSA) is 86.3 Å². The molecule has 3 rings (SSSR count). The fourth-order valence-electron chi connectivity index (χ4n) is 3.55. The number of hydrogen-bond donors (Lipinski definition) is 1. The van der Waals surface area contributed by atoms with Crippen molar-refractivity contribution >= 4 is 23.1 Å². The lowest BCUT2D eigenvalue weighted by Crippen LogP contribution is -2.34. The van der Waals surface area contributed by atoms with E-state index in [2.05, 4.69) is 5.32 Å². The number of carbonyl (C=O) groups is 2. The average Bonchev–Trinajstić information content (AvgIpc) is 3.06. The van der Waals surface area contributed by atoms with Crippen LogP contribution in [-0.2, 0) is 14.3 Å². The van der Waals surface area contributed by atoms with Crippen LogP contribution in [0.25, 0.3) is 5.57 Å². The molecule has 2 amide bonds. The van der Waals surface area contributed by atoms with Crippen molar-refractivity contribution in [2.24, 2.45) is 0 Å². The van der Waals surface area contributed by atoms with Crippen LogP contribution in [-0.4, -0.2) is 57.3 Å². The maximum Gasteiger partial charge on any atom is 0.278 e. The van der Waals surface area contributed by atoms with Crippen LogP contribution in [0.3, 0.4) is 0 Å². The molecule has 0 radical (unpaired) electrons. The maximum atomic E-state index is 13.3. The SMILES string of the molecule is CCOCCCN1C(=O)C(Nc2ccc(OC)cc2OC)=C(c2ccc(OCC)cc2)C1=O. The van der Waals surface area contributed by atoms with E-state index in [1.54, 1.807) is 49.6 Å². The summed E-state index contributed by atoms with van der Waals surface area (Å²) in [6.07, 6.45) is 0.557. The number of anilines is 1. The Morgan fingerprint density at radius 2 is 1.61 bits per heavy atom. The smallest absolute Gasteiger partial charge is 0.278 e. The number of amides is 2. The number of imide groups is 1. The first-order chi connectivity index (χ1) is 16.0. The van der Waals surface area contributed by atoms with Crippen LogP contribution in [0.4, 0.5) is 5.69 Å². The number of benzene rings is 2. The van der Waals surface area contributed by atoms with Crippen molar-refractivity contribution in [2.45, 2.75) is 20.3 Å². The average molecular weight is 455 g/mol. The van der Waals surface area contributed by atoms with Crippen LogP contribution in [0.1, 0.15) is 25.8 Å². The van der Waals surface area contributed by atoms with Crippen LogP contribution in [0.15, 0.2) is 48.2 Å². The monoisotopic (exact) mass is 454 g/mol. The van der Waals surface area contributed by atoms with E-state index in [0.29, 0.717) is 60.3 Å². The molecule has 1 heterocycles. The highest BCUT2D eigenvalue weighted by molar-refractivity contribution is 6.36. The molecule has 2 aromatic carbocycles. The van der Waals surface area contributed by atoms with E-state index >= 15 is 0 Å². The summed E-state index contributed by atoms with van der Waals surface area (Å²) in [7, 11) is 3.09. The number of nitrogens with one attached hydrogen (secondary N) is 1. The van der Waals surface area contributed by atoms with Crippen molar-refractivity contribution in [1.82, 2.24) is 4.90 Å². The van der Waals surface area contributed by atoms with Gasteiger partial charge in [0.25, 0.3) is 11.8 Å². The quantitative estimate of drug-likeness (QED) is 0.386. The number of carbonyl (C=O) groups excluding carboxylic acids is 2. The first-order valence-corrected chi connectivity index (χ1v) is 10.9. The number of nitrogens with zero attached hydrogens (tertiary/aromatic N) is 1. The Bertz CT molecular complexity index is 1020. The van der Waals surface area contributed by atoms with Gasteiger partial charge in [-0.3, -0.25) is 14.5 Å². The van der Waals surface area contributed by atoms with Gasteiger partial charge < -0.3 is 24.3 Å². The lowest BCUT2D eigenvalue weighted by Gasteiger charge is -2.16. The molecule has 0 aliphatic carbocycles. The zero-order chi connectivity index (χ0) is 23.8. The fraction of sp³-hybridized carbons (Fsp3) is 0.360. The molecule has 2 aromatic rings. The Hall–Kier alpha value is -3.52. The number of rotatable bonds is 12. The van der Waals surface area contributed by atoms with Gasteiger partial charge in [-0.1, -0.05) is 12.1 Å². The second-order valence-corrected chi connectivity index (χ2v) is 7.21. The Morgan fingerprint density at radius 3 is 2.24 bits per heavy atom.